The summed E-state index contributed by atoms with van der Waals surface area (Å²) >= 11 is 5.56. The van der Waals surface area contributed by atoms with Crippen molar-refractivity contribution < 1.29 is 9.53 Å². The van der Waals surface area contributed by atoms with Crippen molar-refractivity contribution >= 4 is 40.4 Å². The smallest absolute Gasteiger partial charge is 0.337 e. The highest BCUT2D eigenvalue weighted by atomic mass is 32.1. The minimum atomic E-state index is -0.370. The fraction of sp³-hybridized carbons (Fsp3) is 0.391. The molecule has 2 aromatic rings. The molecule has 29 heavy (non-hydrogen) atoms. The van der Waals surface area contributed by atoms with Crippen LogP contribution in [0, 0.1) is 13.8 Å². The molecule has 0 radical (unpaired) electrons. The number of ether oxygens (including phenoxy) is 1. The summed E-state index contributed by atoms with van der Waals surface area (Å²) in [5, 5.41) is 7.01. The standard InChI is InChI=1S/C23H31N3O2S/c1-6-10-26(11-7-2)21-9-8-18(22(27)28-5)15-20(21)25-23(29)24-19-13-16(3)12-17(4)14-19/h8-9,12-15H,6-7,10-11H2,1-5H3,(H2,24,25,29). The van der Waals surface area contributed by atoms with E-state index in [9.17, 15) is 4.79 Å². The van der Waals surface area contributed by atoms with Gasteiger partial charge in [-0.2, -0.15) is 0 Å². The number of anilines is 3. The van der Waals surface area contributed by atoms with E-state index in [2.05, 4.69) is 49.3 Å². The number of carbonyl (C=O) groups excluding carboxylic acids is 1. The van der Waals surface area contributed by atoms with Crippen LogP contribution < -0.4 is 15.5 Å². The molecular weight excluding hydrogens is 382 g/mol. The zero-order chi connectivity index (χ0) is 21.4. The Bertz CT molecular complexity index is 841. The number of nitrogens with one attached hydrogen (secondary N) is 2. The summed E-state index contributed by atoms with van der Waals surface area (Å²) in [7, 11) is 1.38. The van der Waals surface area contributed by atoms with E-state index in [1.807, 2.05) is 18.2 Å². The molecule has 156 valence electrons. The molecule has 0 unspecified atom stereocenters. The van der Waals surface area contributed by atoms with Gasteiger partial charge in [-0.3, -0.25) is 0 Å². The molecule has 0 aromatic heterocycles. The lowest BCUT2D eigenvalue weighted by Gasteiger charge is -2.27. The molecule has 5 nitrogen and oxygen atoms in total. The van der Waals surface area contributed by atoms with Gasteiger partial charge in [-0.05, 0) is 80.4 Å². The van der Waals surface area contributed by atoms with Crippen molar-refractivity contribution in [3.05, 3.63) is 53.1 Å². The van der Waals surface area contributed by atoms with Crippen molar-refractivity contribution in [1.82, 2.24) is 0 Å². The third-order valence-electron chi connectivity index (χ3n) is 4.47. The number of benzene rings is 2. The topological polar surface area (TPSA) is 53.6 Å². The molecule has 0 aliphatic heterocycles. The van der Waals surface area contributed by atoms with Crippen LogP contribution in [0.4, 0.5) is 17.1 Å². The van der Waals surface area contributed by atoms with Gasteiger partial charge in [-0.1, -0.05) is 19.9 Å². The highest BCUT2D eigenvalue weighted by Crippen LogP contribution is 2.29. The summed E-state index contributed by atoms with van der Waals surface area (Å²) in [5.74, 6) is -0.370. The summed E-state index contributed by atoms with van der Waals surface area (Å²) in [6.07, 6.45) is 2.06. The molecular formula is C23H31N3O2S. The molecule has 0 bridgehead atoms. The molecule has 0 aliphatic carbocycles. The normalized spacial score (nSPS) is 10.4. The van der Waals surface area contributed by atoms with E-state index in [1.165, 1.54) is 18.2 Å². The highest BCUT2D eigenvalue weighted by Gasteiger charge is 2.15. The zero-order valence-electron chi connectivity index (χ0n) is 18.0. The number of thiocarbonyl (C=S) groups is 1. The number of carbonyl (C=O) groups is 1. The minimum absolute atomic E-state index is 0.370. The van der Waals surface area contributed by atoms with Gasteiger partial charge in [0.2, 0.25) is 0 Å². The Kier molecular flexibility index (Phi) is 8.46. The fourth-order valence-electron chi connectivity index (χ4n) is 3.38. The zero-order valence-corrected chi connectivity index (χ0v) is 18.8. The first-order chi connectivity index (χ1) is 13.9. The minimum Gasteiger partial charge on any atom is -0.465 e. The quantitative estimate of drug-likeness (QED) is 0.439. The van der Waals surface area contributed by atoms with Crippen LogP contribution in [0.3, 0.4) is 0 Å². The Morgan fingerprint density at radius 2 is 1.62 bits per heavy atom. The summed E-state index contributed by atoms with van der Waals surface area (Å²) < 4.78 is 4.88. The van der Waals surface area contributed by atoms with E-state index in [4.69, 9.17) is 17.0 Å². The van der Waals surface area contributed by atoms with Crippen LogP contribution in [-0.4, -0.2) is 31.3 Å². The molecule has 0 saturated heterocycles. The molecule has 0 heterocycles. The SMILES string of the molecule is CCCN(CCC)c1ccc(C(=O)OC)cc1NC(=S)Nc1cc(C)cc(C)c1. The Balaban J connectivity index is 2.33. The van der Waals surface area contributed by atoms with E-state index in [0.717, 1.165) is 43.0 Å². The Hall–Kier alpha value is -2.60. The molecule has 2 rings (SSSR count). The van der Waals surface area contributed by atoms with Crippen molar-refractivity contribution in [2.24, 2.45) is 0 Å². The lowest BCUT2D eigenvalue weighted by atomic mass is 10.1. The van der Waals surface area contributed by atoms with Gasteiger partial charge in [0.1, 0.15) is 0 Å². The van der Waals surface area contributed by atoms with Crippen LogP contribution in [0.25, 0.3) is 0 Å². The van der Waals surface area contributed by atoms with Gasteiger partial charge < -0.3 is 20.3 Å². The van der Waals surface area contributed by atoms with Gasteiger partial charge in [0.15, 0.2) is 5.11 Å². The Labute approximate surface area is 179 Å². The lowest BCUT2D eigenvalue weighted by molar-refractivity contribution is 0.0601. The second-order valence-electron chi connectivity index (χ2n) is 7.17. The van der Waals surface area contributed by atoms with E-state index < -0.39 is 0 Å². The molecule has 6 heteroatoms. The molecule has 2 N–H and O–H groups in total. The lowest BCUT2D eigenvalue weighted by Crippen LogP contribution is -2.27. The van der Waals surface area contributed by atoms with E-state index in [1.54, 1.807) is 12.1 Å². The maximum Gasteiger partial charge on any atom is 0.337 e. The average Bonchev–Trinajstić information content (AvgIpc) is 2.66. The van der Waals surface area contributed by atoms with Crippen LogP contribution in [0.5, 0.6) is 0 Å². The van der Waals surface area contributed by atoms with E-state index >= 15 is 0 Å². The molecule has 0 saturated carbocycles. The number of rotatable bonds is 8. The summed E-state index contributed by atoms with van der Waals surface area (Å²) in [6.45, 7) is 10.3. The number of aryl methyl sites for hydroxylation is 2. The van der Waals surface area contributed by atoms with Crippen LogP contribution in [0.2, 0.25) is 0 Å². The van der Waals surface area contributed by atoms with Crippen LogP contribution in [-0.2, 0) is 4.74 Å². The number of nitrogens with zero attached hydrogens (tertiary/aromatic N) is 1. The van der Waals surface area contributed by atoms with Crippen LogP contribution >= 0.6 is 12.2 Å². The van der Waals surface area contributed by atoms with Crippen molar-refractivity contribution in [2.45, 2.75) is 40.5 Å². The second-order valence-corrected chi connectivity index (χ2v) is 7.57. The first kappa shape index (κ1) is 22.7. The number of esters is 1. The third-order valence-corrected chi connectivity index (χ3v) is 4.68. The predicted octanol–water partition coefficient (Wildman–Crippen LogP) is 5.53. The van der Waals surface area contributed by atoms with Gasteiger partial charge in [0.25, 0.3) is 0 Å². The summed E-state index contributed by atoms with van der Waals surface area (Å²) in [4.78, 5) is 14.3. The molecule has 0 spiro atoms. The molecule has 0 fully saturated rings. The average molecular weight is 414 g/mol. The van der Waals surface area contributed by atoms with Crippen LogP contribution in [0.15, 0.2) is 36.4 Å². The fourth-order valence-corrected chi connectivity index (χ4v) is 3.61. The number of hydrogen-bond donors (Lipinski definition) is 2. The first-order valence-electron chi connectivity index (χ1n) is 10.0. The largest absolute Gasteiger partial charge is 0.465 e. The Morgan fingerprint density at radius 1 is 1.00 bits per heavy atom. The highest BCUT2D eigenvalue weighted by molar-refractivity contribution is 7.80. The van der Waals surface area contributed by atoms with E-state index in [0.29, 0.717) is 10.7 Å². The van der Waals surface area contributed by atoms with Crippen molar-refractivity contribution in [3.8, 4) is 0 Å². The Morgan fingerprint density at radius 3 is 2.17 bits per heavy atom. The summed E-state index contributed by atoms with van der Waals surface area (Å²) in [5.41, 5.74) is 5.56. The van der Waals surface area contributed by atoms with Crippen molar-refractivity contribution in [3.63, 3.8) is 0 Å². The third kappa shape index (κ3) is 6.46. The monoisotopic (exact) mass is 413 g/mol. The van der Waals surface area contributed by atoms with Gasteiger partial charge in [0, 0.05) is 18.8 Å². The van der Waals surface area contributed by atoms with Crippen molar-refractivity contribution in [1.29, 1.82) is 0 Å². The maximum absolute atomic E-state index is 12.0. The van der Waals surface area contributed by atoms with Gasteiger partial charge in [-0.15, -0.1) is 0 Å². The van der Waals surface area contributed by atoms with E-state index in [-0.39, 0.29) is 5.97 Å². The van der Waals surface area contributed by atoms with Crippen LogP contribution in [0.1, 0.15) is 48.2 Å². The maximum atomic E-state index is 12.0. The van der Waals surface area contributed by atoms with Gasteiger partial charge in [0.05, 0.1) is 24.0 Å². The predicted molar refractivity (Wildman–Crippen MR) is 126 cm³/mol. The molecule has 2 aromatic carbocycles. The summed E-state index contributed by atoms with van der Waals surface area (Å²) in [6, 6.07) is 11.8. The number of hydrogen-bond acceptors (Lipinski definition) is 4. The van der Waals surface area contributed by atoms with Gasteiger partial charge in [-0.25, -0.2) is 4.79 Å². The second kappa shape index (κ2) is 10.8. The molecule has 0 amide bonds. The molecule has 0 atom stereocenters. The van der Waals surface area contributed by atoms with Crippen molar-refractivity contribution in [2.75, 3.05) is 35.7 Å². The first-order valence-corrected chi connectivity index (χ1v) is 10.4. The van der Waals surface area contributed by atoms with Gasteiger partial charge >= 0.3 is 5.97 Å². The molecule has 0 aliphatic rings. The number of methoxy groups -OCH3 is 1.